The molecule has 2 heterocycles. The van der Waals surface area contributed by atoms with Crippen LogP contribution in [0.2, 0.25) is 0 Å². The molecule has 0 atom stereocenters. The normalized spacial score (nSPS) is 10.2. The lowest BCUT2D eigenvalue weighted by Crippen LogP contribution is -1.94. The molecule has 0 aromatic carbocycles. The Morgan fingerprint density at radius 3 is 2.92 bits per heavy atom. The first-order chi connectivity index (χ1) is 6.25. The fourth-order valence-electron chi connectivity index (χ4n) is 1.09. The van der Waals surface area contributed by atoms with Crippen LogP contribution in [0.5, 0.6) is 0 Å². The van der Waals surface area contributed by atoms with Crippen LogP contribution >= 0.6 is 0 Å². The number of nitrogens with zero attached hydrogens (tertiary/aromatic N) is 4. The summed E-state index contributed by atoms with van der Waals surface area (Å²) >= 11 is 0. The van der Waals surface area contributed by atoms with Crippen molar-refractivity contribution in [2.45, 2.75) is 0 Å². The predicted molar refractivity (Wildman–Crippen MR) is 48.6 cm³/mol. The van der Waals surface area contributed by atoms with Crippen molar-refractivity contribution < 1.29 is 0 Å². The minimum absolute atomic E-state index is 0.279. The van der Waals surface area contributed by atoms with Crippen LogP contribution in [0.3, 0.4) is 0 Å². The van der Waals surface area contributed by atoms with E-state index in [0.717, 1.165) is 11.3 Å². The van der Waals surface area contributed by atoms with E-state index in [2.05, 4.69) is 15.1 Å². The van der Waals surface area contributed by atoms with Crippen molar-refractivity contribution in [3.05, 3.63) is 24.7 Å². The number of hydrogen-bond acceptors (Lipinski definition) is 4. The number of aryl methyl sites for hydroxylation is 1. The predicted octanol–water partition coefficient (Wildman–Crippen LogP) is 0.459. The van der Waals surface area contributed by atoms with E-state index in [9.17, 15) is 0 Å². The van der Waals surface area contributed by atoms with Crippen LogP contribution in [0, 0.1) is 0 Å². The van der Waals surface area contributed by atoms with Crippen molar-refractivity contribution >= 4 is 5.95 Å². The SMILES string of the molecule is Cn1cc(-c2ccnc(N)n2)cn1. The van der Waals surface area contributed by atoms with Gasteiger partial charge in [0, 0.05) is 25.0 Å². The Labute approximate surface area is 75.2 Å². The van der Waals surface area contributed by atoms with Crippen LogP contribution in [-0.2, 0) is 7.05 Å². The summed E-state index contributed by atoms with van der Waals surface area (Å²) < 4.78 is 1.72. The summed E-state index contributed by atoms with van der Waals surface area (Å²) in [5.74, 6) is 0.279. The van der Waals surface area contributed by atoms with Gasteiger partial charge in [0.25, 0.3) is 0 Å². The summed E-state index contributed by atoms with van der Waals surface area (Å²) in [6, 6.07) is 1.80. The maximum Gasteiger partial charge on any atom is 0.220 e. The standard InChI is InChI=1S/C8H9N5/c1-13-5-6(4-11-13)7-2-3-10-8(9)12-7/h2-5H,1H3,(H2,9,10,12). The molecule has 0 unspecified atom stereocenters. The molecule has 2 N–H and O–H groups in total. The molecule has 0 spiro atoms. The molecule has 66 valence electrons. The first-order valence-corrected chi connectivity index (χ1v) is 3.83. The van der Waals surface area contributed by atoms with Crippen LogP contribution < -0.4 is 5.73 Å². The summed E-state index contributed by atoms with van der Waals surface area (Å²) in [6.45, 7) is 0. The molecule has 0 amide bonds. The van der Waals surface area contributed by atoms with E-state index in [-0.39, 0.29) is 5.95 Å². The van der Waals surface area contributed by atoms with Gasteiger partial charge in [-0.2, -0.15) is 5.10 Å². The lowest BCUT2D eigenvalue weighted by Gasteiger charge is -1.95. The van der Waals surface area contributed by atoms with E-state index in [0.29, 0.717) is 0 Å². The van der Waals surface area contributed by atoms with Gasteiger partial charge in [-0.1, -0.05) is 0 Å². The number of hydrogen-bond donors (Lipinski definition) is 1. The van der Waals surface area contributed by atoms with Crippen molar-refractivity contribution in [2.24, 2.45) is 7.05 Å². The highest BCUT2D eigenvalue weighted by Crippen LogP contribution is 2.14. The average Bonchev–Trinajstić information content (AvgIpc) is 2.52. The lowest BCUT2D eigenvalue weighted by atomic mass is 10.2. The molecular weight excluding hydrogens is 166 g/mol. The van der Waals surface area contributed by atoms with Crippen molar-refractivity contribution in [1.29, 1.82) is 0 Å². The van der Waals surface area contributed by atoms with E-state index in [1.54, 1.807) is 23.1 Å². The molecule has 0 saturated heterocycles. The third-order valence-electron chi connectivity index (χ3n) is 1.67. The van der Waals surface area contributed by atoms with Crippen molar-refractivity contribution in [3.8, 4) is 11.3 Å². The second-order valence-electron chi connectivity index (χ2n) is 2.70. The fourth-order valence-corrected chi connectivity index (χ4v) is 1.09. The first-order valence-electron chi connectivity index (χ1n) is 3.83. The zero-order chi connectivity index (χ0) is 9.26. The van der Waals surface area contributed by atoms with E-state index in [1.165, 1.54) is 0 Å². The van der Waals surface area contributed by atoms with E-state index < -0.39 is 0 Å². The van der Waals surface area contributed by atoms with Crippen LogP contribution in [0.25, 0.3) is 11.3 Å². The smallest absolute Gasteiger partial charge is 0.220 e. The quantitative estimate of drug-likeness (QED) is 0.683. The Morgan fingerprint density at radius 2 is 2.31 bits per heavy atom. The Bertz CT molecular complexity index is 420. The van der Waals surface area contributed by atoms with Crippen molar-refractivity contribution in [3.63, 3.8) is 0 Å². The van der Waals surface area contributed by atoms with Gasteiger partial charge in [-0.15, -0.1) is 0 Å². The molecule has 0 aliphatic heterocycles. The molecule has 5 heteroatoms. The molecule has 13 heavy (non-hydrogen) atoms. The summed E-state index contributed by atoms with van der Waals surface area (Å²) in [4.78, 5) is 7.88. The number of nitrogen functional groups attached to an aromatic ring is 1. The number of aromatic nitrogens is 4. The zero-order valence-electron chi connectivity index (χ0n) is 7.18. The number of anilines is 1. The lowest BCUT2D eigenvalue weighted by molar-refractivity contribution is 0.768. The van der Waals surface area contributed by atoms with Gasteiger partial charge in [-0.25, -0.2) is 9.97 Å². The highest BCUT2D eigenvalue weighted by atomic mass is 15.2. The van der Waals surface area contributed by atoms with Gasteiger partial charge >= 0.3 is 0 Å². The molecule has 2 rings (SSSR count). The Balaban J connectivity index is 2.46. The van der Waals surface area contributed by atoms with Crippen molar-refractivity contribution in [2.75, 3.05) is 5.73 Å². The summed E-state index contributed by atoms with van der Waals surface area (Å²) in [5.41, 5.74) is 7.19. The molecule has 0 aliphatic carbocycles. The maximum absolute atomic E-state index is 5.45. The van der Waals surface area contributed by atoms with Gasteiger partial charge < -0.3 is 5.73 Å². The second-order valence-corrected chi connectivity index (χ2v) is 2.70. The minimum Gasteiger partial charge on any atom is -0.368 e. The summed E-state index contributed by atoms with van der Waals surface area (Å²) in [5, 5.41) is 4.04. The molecule has 0 bridgehead atoms. The topological polar surface area (TPSA) is 69.6 Å². The second kappa shape index (κ2) is 2.85. The first kappa shape index (κ1) is 7.72. The van der Waals surface area contributed by atoms with Gasteiger partial charge in [0.05, 0.1) is 11.9 Å². The van der Waals surface area contributed by atoms with Crippen molar-refractivity contribution in [1.82, 2.24) is 19.7 Å². The molecule has 2 aromatic heterocycles. The maximum atomic E-state index is 5.45. The fraction of sp³-hybridized carbons (Fsp3) is 0.125. The molecule has 0 fully saturated rings. The van der Waals surface area contributed by atoms with Crippen LogP contribution in [0.15, 0.2) is 24.7 Å². The van der Waals surface area contributed by atoms with E-state index in [1.807, 2.05) is 13.2 Å². The molecule has 2 aromatic rings. The van der Waals surface area contributed by atoms with E-state index >= 15 is 0 Å². The minimum atomic E-state index is 0.279. The van der Waals surface area contributed by atoms with E-state index in [4.69, 9.17) is 5.73 Å². The van der Waals surface area contributed by atoms with Gasteiger partial charge in [0.1, 0.15) is 0 Å². The molecule has 0 saturated carbocycles. The van der Waals surface area contributed by atoms with Gasteiger partial charge in [-0.3, -0.25) is 4.68 Å². The Morgan fingerprint density at radius 1 is 1.46 bits per heavy atom. The van der Waals surface area contributed by atoms with Crippen LogP contribution in [0.4, 0.5) is 5.95 Å². The Hall–Kier alpha value is -1.91. The number of rotatable bonds is 1. The zero-order valence-corrected chi connectivity index (χ0v) is 7.18. The van der Waals surface area contributed by atoms with Gasteiger partial charge in [-0.05, 0) is 6.07 Å². The van der Waals surface area contributed by atoms with Crippen LogP contribution in [-0.4, -0.2) is 19.7 Å². The van der Waals surface area contributed by atoms with Crippen LogP contribution in [0.1, 0.15) is 0 Å². The largest absolute Gasteiger partial charge is 0.368 e. The summed E-state index contributed by atoms with van der Waals surface area (Å²) in [6.07, 6.45) is 5.24. The molecule has 0 radical (unpaired) electrons. The average molecular weight is 175 g/mol. The Kier molecular flexibility index (Phi) is 1.70. The third kappa shape index (κ3) is 1.48. The highest BCUT2D eigenvalue weighted by Gasteiger charge is 2.01. The number of nitrogens with two attached hydrogens (primary N) is 1. The molecule has 5 nitrogen and oxygen atoms in total. The van der Waals surface area contributed by atoms with Gasteiger partial charge in [0.15, 0.2) is 0 Å². The highest BCUT2D eigenvalue weighted by molar-refractivity contribution is 5.57. The third-order valence-corrected chi connectivity index (χ3v) is 1.67. The monoisotopic (exact) mass is 175 g/mol. The molecular formula is C8H9N5. The molecule has 0 aliphatic rings. The van der Waals surface area contributed by atoms with Gasteiger partial charge in [0.2, 0.25) is 5.95 Å². The summed E-state index contributed by atoms with van der Waals surface area (Å²) in [7, 11) is 1.86.